The molecule has 8 nitrogen and oxygen atoms in total. The highest BCUT2D eigenvalue weighted by Crippen LogP contribution is 2.24. The molecule has 1 aliphatic heterocycles. The van der Waals surface area contributed by atoms with Crippen molar-refractivity contribution in [1.82, 2.24) is 10.2 Å². The topological polar surface area (TPSA) is 119 Å². The van der Waals surface area contributed by atoms with E-state index in [9.17, 15) is 19.2 Å². The van der Waals surface area contributed by atoms with Crippen molar-refractivity contribution < 1.29 is 23.9 Å². The predicted octanol–water partition coefficient (Wildman–Crippen LogP) is 1.35. The lowest BCUT2D eigenvalue weighted by atomic mass is 10.1. The standard InChI is InChI=1S/C21H21N3O5/c1-29-9-3-8-24-20(27)16-7-6-15(11-17(16)21(24)28)19(26)23-12-13-4-2-5-14(10-13)18(22)25/h2,4-7,10-11H,3,8-9,12H2,1H3,(H2,22,25)(H,23,26). The number of fused-ring (bicyclic) bond motifs is 1. The van der Waals surface area contributed by atoms with Gasteiger partial charge in [0.05, 0.1) is 11.1 Å². The normalized spacial score (nSPS) is 12.8. The molecule has 1 heterocycles. The summed E-state index contributed by atoms with van der Waals surface area (Å²) in [6, 6.07) is 11.1. The third-order valence-electron chi connectivity index (χ3n) is 4.63. The minimum absolute atomic E-state index is 0.188. The van der Waals surface area contributed by atoms with Crippen LogP contribution in [-0.2, 0) is 11.3 Å². The minimum atomic E-state index is -0.546. The van der Waals surface area contributed by atoms with Crippen LogP contribution in [0, 0.1) is 0 Å². The number of nitrogens with zero attached hydrogens (tertiary/aromatic N) is 1. The number of carbonyl (C=O) groups excluding carboxylic acids is 4. The Balaban J connectivity index is 1.70. The summed E-state index contributed by atoms with van der Waals surface area (Å²) < 4.78 is 4.96. The van der Waals surface area contributed by atoms with Gasteiger partial charge >= 0.3 is 0 Å². The van der Waals surface area contributed by atoms with E-state index in [0.717, 1.165) is 0 Å². The van der Waals surface area contributed by atoms with E-state index in [1.54, 1.807) is 31.4 Å². The number of nitrogens with one attached hydrogen (secondary N) is 1. The van der Waals surface area contributed by atoms with Gasteiger partial charge in [0, 0.05) is 37.9 Å². The van der Waals surface area contributed by atoms with Gasteiger partial charge in [-0.25, -0.2) is 0 Å². The van der Waals surface area contributed by atoms with E-state index in [1.807, 2.05) is 0 Å². The van der Waals surface area contributed by atoms with Crippen molar-refractivity contribution in [3.8, 4) is 0 Å². The molecule has 0 radical (unpaired) electrons. The number of methoxy groups -OCH3 is 1. The molecule has 8 heteroatoms. The Labute approximate surface area is 167 Å². The zero-order valence-electron chi connectivity index (χ0n) is 15.9. The molecule has 2 aromatic rings. The molecule has 0 saturated carbocycles. The molecule has 3 N–H and O–H groups in total. The third-order valence-corrected chi connectivity index (χ3v) is 4.63. The van der Waals surface area contributed by atoms with Crippen molar-refractivity contribution >= 4 is 23.6 Å². The van der Waals surface area contributed by atoms with E-state index in [1.165, 1.54) is 23.1 Å². The summed E-state index contributed by atoms with van der Waals surface area (Å²) in [6.45, 7) is 0.892. The molecule has 29 heavy (non-hydrogen) atoms. The number of rotatable bonds is 8. The largest absolute Gasteiger partial charge is 0.385 e. The summed E-state index contributed by atoms with van der Waals surface area (Å²) in [4.78, 5) is 49.9. The molecule has 0 atom stereocenters. The van der Waals surface area contributed by atoms with E-state index < -0.39 is 17.7 Å². The van der Waals surface area contributed by atoms with E-state index in [-0.39, 0.29) is 35.7 Å². The zero-order valence-corrected chi connectivity index (χ0v) is 15.9. The quantitative estimate of drug-likeness (QED) is 0.517. The minimum Gasteiger partial charge on any atom is -0.385 e. The summed E-state index contributed by atoms with van der Waals surface area (Å²) in [5.74, 6) is -1.72. The highest BCUT2D eigenvalue weighted by Gasteiger charge is 2.35. The average molecular weight is 395 g/mol. The number of imide groups is 1. The van der Waals surface area contributed by atoms with Crippen molar-refractivity contribution in [2.75, 3.05) is 20.3 Å². The van der Waals surface area contributed by atoms with Crippen molar-refractivity contribution in [2.24, 2.45) is 5.73 Å². The molecule has 0 bridgehead atoms. The zero-order chi connectivity index (χ0) is 21.0. The summed E-state index contributed by atoms with van der Waals surface area (Å²) >= 11 is 0. The average Bonchev–Trinajstić information content (AvgIpc) is 2.96. The Morgan fingerprint density at radius 2 is 1.79 bits per heavy atom. The van der Waals surface area contributed by atoms with Gasteiger partial charge in [0.15, 0.2) is 0 Å². The van der Waals surface area contributed by atoms with Crippen LogP contribution in [0.5, 0.6) is 0 Å². The summed E-state index contributed by atoms with van der Waals surface area (Å²) in [5.41, 5.74) is 7.11. The highest BCUT2D eigenvalue weighted by molar-refractivity contribution is 6.22. The van der Waals surface area contributed by atoms with Crippen LogP contribution in [0.15, 0.2) is 42.5 Å². The van der Waals surface area contributed by atoms with E-state index in [0.29, 0.717) is 24.2 Å². The van der Waals surface area contributed by atoms with Gasteiger partial charge in [-0.05, 0) is 42.3 Å². The predicted molar refractivity (Wildman–Crippen MR) is 104 cm³/mol. The first-order chi connectivity index (χ1) is 13.9. The Hall–Kier alpha value is -3.52. The first-order valence-electron chi connectivity index (χ1n) is 9.08. The first-order valence-corrected chi connectivity index (χ1v) is 9.08. The Morgan fingerprint density at radius 1 is 1.03 bits per heavy atom. The fraction of sp³-hybridized carbons (Fsp3) is 0.238. The number of carbonyl (C=O) groups is 4. The van der Waals surface area contributed by atoms with Gasteiger partial charge in [-0.2, -0.15) is 0 Å². The second-order valence-electron chi connectivity index (χ2n) is 6.62. The number of amides is 4. The number of hydrogen-bond acceptors (Lipinski definition) is 5. The molecule has 2 aromatic carbocycles. The highest BCUT2D eigenvalue weighted by atomic mass is 16.5. The molecule has 0 fully saturated rings. The van der Waals surface area contributed by atoms with Gasteiger partial charge in [-0.1, -0.05) is 12.1 Å². The third kappa shape index (κ3) is 4.33. The van der Waals surface area contributed by atoms with Gasteiger partial charge in [-0.15, -0.1) is 0 Å². The van der Waals surface area contributed by atoms with Crippen LogP contribution >= 0.6 is 0 Å². The Morgan fingerprint density at radius 3 is 2.52 bits per heavy atom. The van der Waals surface area contributed by atoms with Crippen molar-refractivity contribution in [1.29, 1.82) is 0 Å². The molecule has 4 amide bonds. The molecule has 150 valence electrons. The second kappa shape index (κ2) is 8.66. The van der Waals surface area contributed by atoms with Crippen LogP contribution in [0.25, 0.3) is 0 Å². The van der Waals surface area contributed by atoms with Crippen molar-refractivity contribution in [3.05, 3.63) is 70.3 Å². The lowest BCUT2D eigenvalue weighted by Crippen LogP contribution is -2.31. The molecular weight excluding hydrogens is 374 g/mol. The monoisotopic (exact) mass is 395 g/mol. The molecule has 0 spiro atoms. The van der Waals surface area contributed by atoms with Crippen LogP contribution in [0.3, 0.4) is 0 Å². The maximum atomic E-state index is 12.5. The molecule has 0 saturated heterocycles. The van der Waals surface area contributed by atoms with Gasteiger partial charge in [0.25, 0.3) is 17.7 Å². The Bertz CT molecular complexity index is 986. The number of benzene rings is 2. The van der Waals surface area contributed by atoms with Gasteiger partial charge in [0.2, 0.25) is 5.91 Å². The fourth-order valence-corrected chi connectivity index (χ4v) is 3.12. The van der Waals surface area contributed by atoms with Crippen LogP contribution in [0.2, 0.25) is 0 Å². The van der Waals surface area contributed by atoms with Crippen molar-refractivity contribution in [2.45, 2.75) is 13.0 Å². The molecule has 3 rings (SSSR count). The lowest BCUT2D eigenvalue weighted by Gasteiger charge is -2.12. The SMILES string of the molecule is COCCCN1C(=O)c2ccc(C(=O)NCc3cccc(C(N)=O)c3)cc2C1=O. The molecule has 0 aliphatic carbocycles. The maximum Gasteiger partial charge on any atom is 0.261 e. The number of primary amides is 1. The number of ether oxygens (including phenoxy) is 1. The van der Waals surface area contributed by atoms with Crippen LogP contribution < -0.4 is 11.1 Å². The molecule has 0 aromatic heterocycles. The molecule has 1 aliphatic rings. The van der Waals surface area contributed by atoms with E-state index in [2.05, 4.69) is 5.32 Å². The maximum absolute atomic E-state index is 12.5. The van der Waals surface area contributed by atoms with Gasteiger partial charge in [-0.3, -0.25) is 24.1 Å². The molecule has 0 unspecified atom stereocenters. The summed E-state index contributed by atoms with van der Waals surface area (Å²) in [7, 11) is 1.55. The van der Waals surface area contributed by atoms with Crippen LogP contribution in [-0.4, -0.2) is 48.8 Å². The summed E-state index contributed by atoms with van der Waals surface area (Å²) in [6.07, 6.45) is 0.541. The summed E-state index contributed by atoms with van der Waals surface area (Å²) in [5, 5.41) is 2.73. The van der Waals surface area contributed by atoms with E-state index >= 15 is 0 Å². The number of hydrogen-bond donors (Lipinski definition) is 2. The molecular formula is C21H21N3O5. The van der Waals surface area contributed by atoms with Crippen LogP contribution in [0.1, 0.15) is 53.4 Å². The Kier molecular flexibility index (Phi) is 6.04. The van der Waals surface area contributed by atoms with Gasteiger partial charge in [0.1, 0.15) is 0 Å². The fourth-order valence-electron chi connectivity index (χ4n) is 3.12. The first kappa shape index (κ1) is 20.2. The van der Waals surface area contributed by atoms with Crippen molar-refractivity contribution in [3.63, 3.8) is 0 Å². The van der Waals surface area contributed by atoms with Gasteiger partial charge < -0.3 is 15.8 Å². The van der Waals surface area contributed by atoms with E-state index in [4.69, 9.17) is 10.5 Å². The van der Waals surface area contributed by atoms with Crippen LogP contribution in [0.4, 0.5) is 0 Å². The number of nitrogens with two attached hydrogens (primary N) is 1. The second-order valence-corrected chi connectivity index (χ2v) is 6.62. The lowest BCUT2D eigenvalue weighted by molar-refractivity contribution is 0.0638. The smallest absolute Gasteiger partial charge is 0.261 e.